The third kappa shape index (κ3) is 2.57. The number of ether oxygens (including phenoxy) is 1. The van der Waals surface area contributed by atoms with Crippen LogP contribution in [0.4, 0.5) is 0 Å². The molecule has 0 saturated carbocycles. The number of unbranched alkanes of at least 4 members (excludes halogenated alkanes) is 1. The van der Waals surface area contributed by atoms with Gasteiger partial charge in [-0.2, -0.15) is 0 Å². The molecule has 0 amide bonds. The molecule has 0 fully saturated rings. The van der Waals surface area contributed by atoms with Crippen LogP contribution in [0.5, 0.6) is 5.88 Å². The van der Waals surface area contributed by atoms with Crippen LogP contribution in [0.3, 0.4) is 0 Å². The average molecular weight is 168 g/mol. The topological polar surface area (TPSA) is 37.9 Å². The van der Waals surface area contributed by atoms with Gasteiger partial charge in [-0.1, -0.05) is 13.3 Å². The van der Waals surface area contributed by atoms with Crippen molar-refractivity contribution in [2.45, 2.75) is 33.1 Å². The van der Waals surface area contributed by atoms with E-state index in [4.69, 9.17) is 4.74 Å². The number of nitrogens with zero attached hydrogens (tertiary/aromatic N) is 1. The number of imidazole rings is 1. The molecule has 0 spiro atoms. The molecule has 0 aliphatic rings. The highest BCUT2D eigenvalue weighted by atomic mass is 16.5. The van der Waals surface area contributed by atoms with Crippen molar-refractivity contribution in [3.63, 3.8) is 0 Å². The standard InChI is InChI=1S/C9H16N2O/c1-3-5-6-8-10-7-9(11-8)12-4-2/h7H,3-6H2,1-2H3,(H,10,11). The van der Waals surface area contributed by atoms with Crippen LogP contribution in [0.15, 0.2) is 6.20 Å². The van der Waals surface area contributed by atoms with E-state index in [1.807, 2.05) is 6.92 Å². The average Bonchev–Trinajstić information content (AvgIpc) is 2.50. The Kier molecular flexibility index (Phi) is 3.64. The van der Waals surface area contributed by atoms with E-state index in [0.29, 0.717) is 6.61 Å². The molecule has 1 heterocycles. The molecule has 0 aliphatic heterocycles. The molecule has 0 unspecified atom stereocenters. The fraction of sp³-hybridized carbons (Fsp3) is 0.667. The molecule has 0 atom stereocenters. The van der Waals surface area contributed by atoms with E-state index in [1.54, 1.807) is 6.20 Å². The van der Waals surface area contributed by atoms with E-state index >= 15 is 0 Å². The van der Waals surface area contributed by atoms with Gasteiger partial charge in [0, 0.05) is 6.42 Å². The summed E-state index contributed by atoms with van der Waals surface area (Å²) in [6.45, 7) is 4.83. The van der Waals surface area contributed by atoms with E-state index < -0.39 is 0 Å². The second-order valence-electron chi connectivity index (χ2n) is 2.73. The number of nitrogens with one attached hydrogen (secondary N) is 1. The van der Waals surface area contributed by atoms with E-state index in [1.165, 1.54) is 12.8 Å². The van der Waals surface area contributed by atoms with Crippen molar-refractivity contribution in [3.05, 3.63) is 12.0 Å². The normalized spacial score (nSPS) is 10.2. The van der Waals surface area contributed by atoms with Crippen molar-refractivity contribution in [1.29, 1.82) is 0 Å². The Bertz CT molecular complexity index is 220. The molecule has 68 valence electrons. The third-order valence-electron chi connectivity index (χ3n) is 1.67. The molecule has 0 bridgehead atoms. The van der Waals surface area contributed by atoms with Crippen LogP contribution in [-0.2, 0) is 6.42 Å². The van der Waals surface area contributed by atoms with Crippen LogP contribution in [0.1, 0.15) is 32.5 Å². The largest absolute Gasteiger partial charge is 0.478 e. The summed E-state index contributed by atoms with van der Waals surface area (Å²) in [5.41, 5.74) is 0. The molecule has 1 N–H and O–H groups in total. The lowest BCUT2D eigenvalue weighted by Crippen LogP contribution is -1.92. The van der Waals surface area contributed by atoms with Gasteiger partial charge in [0.1, 0.15) is 5.82 Å². The smallest absolute Gasteiger partial charge is 0.211 e. The Hall–Kier alpha value is -0.990. The first kappa shape index (κ1) is 9.10. The summed E-state index contributed by atoms with van der Waals surface area (Å²) >= 11 is 0. The zero-order valence-electron chi connectivity index (χ0n) is 7.76. The first-order chi connectivity index (χ1) is 5.86. The zero-order chi connectivity index (χ0) is 8.81. The Morgan fingerprint density at radius 3 is 3.00 bits per heavy atom. The Morgan fingerprint density at radius 2 is 2.33 bits per heavy atom. The number of aryl methyl sites for hydroxylation is 1. The van der Waals surface area contributed by atoms with Gasteiger partial charge >= 0.3 is 0 Å². The molecule has 0 aliphatic carbocycles. The maximum absolute atomic E-state index is 5.25. The summed E-state index contributed by atoms with van der Waals surface area (Å²) in [5, 5.41) is 0. The number of aromatic nitrogens is 2. The van der Waals surface area contributed by atoms with Gasteiger partial charge < -0.3 is 9.72 Å². The van der Waals surface area contributed by atoms with E-state index in [9.17, 15) is 0 Å². The van der Waals surface area contributed by atoms with Crippen LogP contribution < -0.4 is 4.74 Å². The van der Waals surface area contributed by atoms with Gasteiger partial charge in [-0.15, -0.1) is 0 Å². The van der Waals surface area contributed by atoms with E-state index in [-0.39, 0.29) is 0 Å². The Labute approximate surface area is 73.2 Å². The van der Waals surface area contributed by atoms with Crippen molar-refractivity contribution in [1.82, 2.24) is 9.97 Å². The minimum absolute atomic E-state index is 0.690. The maximum atomic E-state index is 5.25. The van der Waals surface area contributed by atoms with Crippen molar-refractivity contribution < 1.29 is 4.74 Å². The zero-order valence-corrected chi connectivity index (χ0v) is 7.76. The minimum atomic E-state index is 0.690. The lowest BCUT2D eigenvalue weighted by atomic mass is 10.2. The predicted octanol–water partition coefficient (Wildman–Crippen LogP) is 2.15. The Morgan fingerprint density at radius 1 is 1.50 bits per heavy atom. The molecule has 3 heteroatoms. The summed E-state index contributed by atoms with van der Waals surface area (Å²) in [4.78, 5) is 7.31. The molecule has 1 rings (SSSR count). The summed E-state index contributed by atoms with van der Waals surface area (Å²) in [5.74, 6) is 1.81. The number of H-pyrrole nitrogens is 1. The highest BCUT2D eigenvalue weighted by Crippen LogP contribution is 2.07. The first-order valence-corrected chi connectivity index (χ1v) is 4.53. The SMILES string of the molecule is CCCCc1ncc(OCC)[nH]1. The number of rotatable bonds is 5. The summed E-state index contributed by atoms with van der Waals surface area (Å²) < 4.78 is 5.25. The van der Waals surface area contributed by atoms with Crippen LogP contribution in [0, 0.1) is 0 Å². The van der Waals surface area contributed by atoms with Crippen LogP contribution in [-0.4, -0.2) is 16.6 Å². The number of aromatic amines is 1. The highest BCUT2D eigenvalue weighted by Gasteiger charge is 1.98. The van der Waals surface area contributed by atoms with Gasteiger partial charge in [0.05, 0.1) is 12.8 Å². The number of hydrogen-bond acceptors (Lipinski definition) is 2. The van der Waals surface area contributed by atoms with Crippen LogP contribution in [0.2, 0.25) is 0 Å². The fourth-order valence-corrected chi connectivity index (χ4v) is 1.04. The molecule has 0 saturated heterocycles. The van der Waals surface area contributed by atoms with Crippen LogP contribution in [0.25, 0.3) is 0 Å². The molecular weight excluding hydrogens is 152 g/mol. The molecule has 12 heavy (non-hydrogen) atoms. The summed E-state index contributed by atoms with van der Waals surface area (Å²) in [6, 6.07) is 0. The third-order valence-corrected chi connectivity index (χ3v) is 1.67. The van der Waals surface area contributed by atoms with Crippen LogP contribution >= 0.6 is 0 Å². The van der Waals surface area contributed by atoms with E-state index in [2.05, 4.69) is 16.9 Å². The summed E-state index contributed by atoms with van der Waals surface area (Å²) in [6.07, 6.45) is 5.14. The highest BCUT2D eigenvalue weighted by molar-refractivity contribution is 5.07. The van der Waals surface area contributed by atoms with Gasteiger partial charge in [-0.3, -0.25) is 0 Å². The fourth-order valence-electron chi connectivity index (χ4n) is 1.04. The quantitative estimate of drug-likeness (QED) is 0.731. The lowest BCUT2D eigenvalue weighted by Gasteiger charge is -1.96. The summed E-state index contributed by atoms with van der Waals surface area (Å²) in [7, 11) is 0. The molecule has 0 radical (unpaired) electrons. The number of hydrogen-bond donors (Lipinski definition) is 1. The molecular formula is C9H16N2O. The van der Waals surface area contributed by atoms with Gasteiger partial charge in [0.15, 0.2) is 0 Å². The molecule has 1 aromatic heterocycles. The van der Waals surface area contributed by atoms with Crippen molar-refractivity contribution in [2.24, 2.45) is 0 Å². The minimum Gasteiger partial charge on any atom is -0.478 e. The van der Waals surface area contributed by atoms with E-state index in [0.717, 1.165) is 18.1 Å². The predicted molar refractivity (Wildman–Crippen MR) is 48.4 cm³/mol. The van der Waals surface area contributed by atoms with Crippen molar-refractivity contribution in [3.8, 4) is 5.88 Å². The van der Waals surface area contributed by atoms with Gasteiger partial charge in [-0.05, 0) is 13.3 Å². The molecule has 0 aromatic carbocycles. The first-order valence-electron chi connectivity index (χ1n) is 4.53. The second-order valence-corrected chi connectivity index (χ2v) is 2.73. The maximum Gasteiger partial charge on any atom is 0.211 e. The second kappa shape index (κ2) is 4.80. The van der Waals surface area contributed by atoms with Gasteiger partial charge in [0.2, 0.25) is 5.88 Å². The molecule has 1 aromatic rings. The Balaban J connectivity index is 2.41. The van der Waals surface area contributed by atoms with Gasteiger partial charge in [-0.25, -0.2) is 4.98 Å². The molecule has 3 nitrogen and oxygen atoms in total. The van der Waals surface area contributed by atoms with Crippen molar-refractivity contribution >= 4 is 0 Å². The van der Waals surface area contributed by atoms with Gasteiger partial charge in [0.25, 0.3) is 0 Å². The monoisotopic (exact) mass is 168 g/mol. The van der Waals surface area contributed by atoms with Crippen molar-refractivity contribution in [2.75, 3.05) is 6.61 Å². The lowest BCUT2D eigenvalue weighted by molar-refractivity contribution is 0.328.